The van der Waals surface area contributed by atoms with Crippen LogP contribution < -0.4 is 21.5 Å². The van der Waals surface area contributed by atoms with Gasteiger partial charge >= 0.3 is 5.69 Å². The van der Waals surface area contributed by atoms with E-state index in [0.717, 1.165) is 49.3 Å². The minimum atomic E-state index is -0.364. The molecule has 1 fully saturated rings. The number of aromatic amines is 1. The van der Waals surface area contributed by atoms with Gasteiger partial charge in [0.15, 0.2) is 5.82 Å². The summed E-state index contributed by atoms with van der Waals surface area (Å²) in [5.41, 5.74) is 2.64. The van der Waals surface area contributed by atoms with Gasteiger partial charge in [0.05, 0.1) is 0 Å². The average molecular weight is 419 g/mol. The first-order valence-corrected chi connectivity index (χ1v) is 10.8. The number of rotatable bonds is 5. The van der Waals surface area contributed by atoms with Crippen molar-refractivity contribution in [1.82, 2.24) is 24.5 Å². The van der Waals surface area contributed by atoms with Crippen molar-refractivity contribution < 1.29 is 0 Å². The molecule has 160 valence electrons. The first-order chi connectivity index (χ1) is 15.1. The summed E-state index contributed by atoms with van der Waals surface area (Å²) in [6, 6.07) is 5.53. The maximum absolute atomic E-state index is 12.2. The Bertz CT molecular complexity index is 1190. The van der Waals surface area contributed by atoms with E-state index < -0.39 is 0 Å². The molecule has 9 heteroatoms. The van der Waals surface area contributed by atoms with Crippen LogP contribution in [0.4, 0.5) is 11.6 Å². The molecule has 0 bridgehead atoms. The Kier molecular flexibility index (Phi) is 5.01. The smallest absolute Gasteiger partial charge is 0.329 e. The summed E-state index contributed by atoms with van der Waals surface area (Å²) in [7, 11) is 0. The number of H-pyrrole nitrogens is 1. The Balaban J connectivity index is 1.38. The van der Waals surface area contributed by atoms with Gasteiger partial charge in [-0.25, -0.2) is 14.8 Å². The van der Waals surface area contributed by atoms with Gasteiger partial charge in [0, 0.05) is 61.0 Å². The normalized spacial score (nSPS) is 17.7. The van der Waals surface area contributed by atoms with Crippen LogP contribution in [0.25, 0.3) is 11.4 Å². The minimum Gasteiger partial charge on any atom is -0.365 e. The van der Waals surface area contributed by atoms with Crippen molar-refractivity contribution in [2.24, 2.45) is 0 Å². The second-order valence-electron chi connectivity index (χ2n) is 8.03. The van der Waals surface area contributed by atoms with Gasteiger partial charge < -0.3 is 10.2 Å². The van der Waals surface area contributed by atoms with Crippen LogP contribution in [0.5, 0.6) is 0 Å². The Hall–Kier alpha value is -3.49. The summed E-state index contributed by atoms with van der Waals surface area (Å²) in [4.78, 5) is 43.0. The molecular formula is C22H25N7O2. The van der Waals surface area contributed by atoms with Crippen LogP contribution in [-0.2, 0) is 19.4 Å². The minimum absolute atomic E-state index is 0.169. The highest BCUT2D eigenvalue weighted by Gasteiger charge is 2.27. The molecule has 0 radical (unpaired) electrons. The number of nitrogens with one attached hydrogen (secondary N) is 2. The lowest BCUT2D eigenvalue weighted by Gasteiger charge is -2.20. The van der Waals surface area contributed by atoms with Crippen LogP contribution in [0.1, 0.15) is 31.0 Å². The van der Waals surface area contributed by atoms with Crippen LogP contribution in [0.3, 0.4) is 0 Å². The van der Waals surface area contributed by atoms with Gasteiger partial charge in [0.1, 0.15) is 11.6 Å². The van der Waals surface area contributed by atoms with Crippen LogP contribution >= 0.6 is 0 Å². The van der Waals surface area contributed by atoms with E-state index in [4.69, 9.17) is 9.97 Å². The molecule has 2 aliphatic rings. The van der Waals surface area contributed by atoms with Gasteiger partial charge in [-0.15, -0.1) is 0 Å². The molecule has 0 unspecified atom stereocenters. The Morgan fingerprint density at radius 1 is 1.19 bits per heavy atom. The van der Waals surface area contributed by atoms with E-state index in [2.05, 4.69) is 15.3 Å². The summed E-state index contributed by atoms with van der Waals surface area (Å²) < 4.78 is 1.19. The van der Waals surface area contributed by atoms with Crippen LogP contribution in [0.15, 0.2) is 40.2 Å². The number of nitrogens with zero attached hydrogens (tertiary/aromatic N) is 5. The highest BCUT2D eigenvalue weighted by molar-refractivity contribution is 5.60. The fourth-order valence-electron chi connectivity index (χ4n) is 4.45. The predicted octanol–water partition coefficient (Wildman–Crippen LogP) is 1.59. The number of hydrogen-bond acceptors (Lipinski definition) is 7. The highest BCUT2D eigenvalue weighted by Crippen LogP contribution is 2.30. The fourth-order valence-corrected chi connectivity index (χ4v) is 4.45. The predicted molar refractivity (Wildman–Crippen MR) is 119 cm³/mol. The van der Waals surface area contributed by atoms with Crippen molar-refractivity contribution in [3.8, 4) is 11.4 Å². The van der Waals surface area contributed by atoms with Crippen molar-refractivity contribution in [3.63, 3.8) is 0 Å². The van der Waals surface area contributed by atoms with E-state index in [1.54, 1.807) is 19.3 Å². The highest BCUT2D eigenvalue weighted by atomic mass is 16.2. The third-order valence-corrected chi connectivity index (χ3v) is 6.06. The van der Waals surface area contributed by atoms with E-state index in [9.17, 15) is 9.59 Å². The van der Waals surface area contributed by atoms with Gasteiger partial charge in [-0.3, -0.25) is 19.3 Å². The molecule has 0 amide bonds. The SMILES string of the molecule is CCn1c(=O)cc(N2CC[C@@H](Nc3nc(-c4ccncc4)nc4c3CCC4)C2)[nH]c1=O. The lowest BCUT2D eigenvalue weighted by atomic mass is 10.2. The zero-order valence-corrected chi connectivity index (χ0v) is 17.5. The number of fused-ring (bicyclic) bond motifs is 1. The molecule has 5 rings (SSSR count). The number of pyridine rings is 1. The Morgan fingerprint density at radius 3 is 2.81 bits per heavy atom. The molecular weight excluding hydrogens is 394 g/mol. The molecule has 1 aliphatic carbocycles. The summed E-state index contributed by atoms with van der Waals surface area (Å²) in [5, 5.41) is 3.62. The molecule has 0 spiro atoms. The lowest BCUT2D eigenvalue weighted by molar-refractivity contribution is 0.669. The maximum atomic E-state index is 12.2. The van der Waals surface area contributed by atoms with Crippen molar-refractivity contribution in [2.45, 2.75) is 45.2 Å². The maximum Gasteiger partial charge on any atom is 0.329 e. The standard InChI is InChI=1S/C22H25N7O2/c1-2-29-19(30)12-18(26-22(29)31)28-11-8-15(13-28)24-21-16-4-3-5-17(16)25-20(27-21)14-6-9-23-10-7-14/h6-7,9-10,12,15H,2-5,8,11,13H2,1H3,(H,26,31)(H,24,25,27)/t15-/m1/s1. The Labute approximate surface area is 179 Å². The summed E-state index contributed by atoms with van der Waals surface area (Å²) in [6.45, 7) is 3.59. The van der Waals surface area contributed by atoms with E-state index in [1.807, 2.05) is 17.0 Å². The molecule has 4 heterocycles. The molecule has 2 N–H and O–H groups in total. The summed E-state index contributed by atoms with van der Waals surface area (Å²) in [6.07, 6.45) is 7.43. The van der Waals surface area contributed by atoms with Gasteiger partial charge in [0.2, 0.25) is 0 Å². The lowest BCUT2D eigenvalue weighted by Crippen LogP contribution is -2.37. The monoisotopic (exact) mass is 419 g/mol. The molecule has 0 aromatic carbocycles. The van der Waals surface area contributed by atoms with Crippen molar-refractivity contribution >= 4 is 11.6 Å². The topological polar surface area (TPSA) is 109 Å². The largest absolute Gasteiger partial charge is 0.365 e. The first-order valence-electron chi connectivity index (χ1n) is 10.8. The zero-order chi connectivity index (χ0) is 21.4. The van der Waals surface area contributed by atoms with E-state index >= 15 is 0 Å². The number of aryl methyl sites for hydroxylation is 1. The second kappa shape index (κ2) is 7.98. The Morgan fingerprint density at radius 2 is 2.03 bits per heavy atom. The molecule has 31 heavy (non-hydrogen) atoms. The zero-order valence-electron chi connectivity index (χ0n) is 17.5. The average Bonchev–Trinajstić information content (AvgIpc) is 3.44. The van der Waals surface area contributed by atoms with Crippen molar-refractivity contribution in [2.75, 3.05) is 23.3 Å². The molecule has 1 saturated heterocycles. The van der Waals surface area contributed by atoms with Crippen LogP contribution in [0, 0.1) is 0 Å². The van der Waals surface area contributed by atoms with E-state index in [0.29, 0.717) is 24.7 Å². The van der Waals surface area contributed by atoms with Crippen LogP contribution in [-0.4, -0.2) is 43.6 Å². The molecule has 0 saturated carbocycles. The third-order valence-electron chi connectivity index (χ3n) is 6.06. The number of hydrogen-bond donors (Lipinski definition) is 2. The van der Waals surface area contributed by atoms with Gasteiger partial charge in [-0.05, 0) is 44.7 Å². The third kappa shape index (κ3) is 3.71. The van der Waals surface area contributed by atoms with Gasteiger partial charge in [-0.2, -0.15) is 0 Å². The van der Waals surface area contributed by atoms with E-state index in [1.165, 1.54) is 16.2 Å². The fraction of sp³-hybridized carbons (Fsp3) is 0.409. The van der Waals surface area contributed by atoms with Crippen molar-refractivity contribution in [1.29, 1.82) is 0 Å². The molecule has 3 aromatic rings. The molecule has 1 aliphatic heterocycles. The first kappa shape index (κ1) is 19.5. The van der Waals surface area contributed by atoms with E-state index in [-0.39, 0.29) is 17.3 Å². The van der Waals surface area contributed by atoms with Crippen molar-refractivity contribution in [3.05, 3.63) is 62.7 Å². The van der Waals surface area contributed by atoms with Gasteiger partial charge in [0.25, 0.3) is 5.56 Å². The summed E-state index contributed by atoms with van der Waals surface area (Å²) in [5.74, 6) is 2.19. The number of anilines is 2. The van der Waals surface area contributed by atoms with Gasteiger partial charge in [-0.1, -0.05) is 0 Å². The second-order valence-corrected chi connectivity index (χ2v) is 8.03. The molecule has 1 atom stereocenters. The number of aromatic nitrogens is 5. The molecule has 9 nitrogen and oxygen atoms in total. The van der Waals surface area contributed by atoms with Crippen LogP contribution in [0.2, 0.25) is 0 Å². The molecule has 3 aromatic heterocycles. The summed E-state index contributed by atoms with van der Waals surface area (Å²) >= 11 is 0. The quantitative estimate of drug-likeness (QED) is 0.646.